The molecule has 1 fully saturated rings. The number of aliphatic hydroxyl groups excluding tert-OH is 1. The zero-order valence-electron chi connectivity index (χ0n) is 8.48. The van der Waals surface area contributed by atoms with Crippen molar-refractivity contribution in [3.8, 4) is 0 Å². The number of carboxylic acid groups (broad SMARTS) is 1. The molecule has 0 aliphatic heterocycles. The summed E-state index contributed by atoms with van der Waals surface area (Å²) in [6.45, 7) is 0.224. The van der Waals surface area contributed by atoms with E-state index in [1.54, 1.807) is 0 Å². The molecule has 1 aliphatic carbocycles. The standard InChI is InChI=1S/C11H19O3/c12-8-7-10-4-2-1-3-9(10)5-6-11(13)14/h2,9-10,12H,1,3-8H2,(H,13,14). The van der Waals surface area contributed by atoms with E-state index in [1.807, 2.05) is 0 Å². The first-order valence-corrected chi connectivity index (χ1v) is 5.38. The summed E-state index contributed by atoms with van der Waals surface area (Å²) in [5.41, 5.74) is 0. The van der Waals surface area contributed by atoms with Crippen LogP contribution in [0.25, 0.3) is 0 Å². The highest BCUT2D eigenvalue weighted by Gasteiger charge is 2.24. The normalized spacial score (nSPS) is 27.5. The van der Waals surface area contributed by atoms with Crippen LogP contribution < -0.4 is 0 Å². The molecule has 1 aliphatic rings. The quantitative estimate of drug-likeness (QED) is 0.710. The van der Waals surface area contributed by atoms with Crippen LogP contribution in [0.1, 0.15) is 38.5 Å². The molecular weight excluding hydrogens is 180 g/mol. The molecule has 0 heterocycles. The van der Waals surface area contributed by atoms with Gasteiger partial charge in [0, 0.05) is 13.0 Å². The number of aliphatic hydroxyl groups is 1. The number of hydrogen-bond donors (Lipinski definition) is 2. The van der Waals surface area contributed by atoms with Gasteiger partial charge in [-0.2, -0.15) is 0 Å². The molecule has 2 atom stereocenters. The molecule has 2 N–H and O–H groups in total. The Balaban J connectivity index is 2.33. The minimum Gasteiger partial charge on any atom is -0.481 e. The number of rotatable bonds is 5. The molecule has 14 heavy (non-hydrogen) atoms. The van der Waals surface area contributed by atoms with E-state index in [-0.39, 0.29) is 13.0 Å². The van der Waals surface area contributed by atoms with Gasteiger partial charge in [0.25, 0.3) is 0 Å². The van der Waals surface area contributed by atoms with Crippen molar-refractivity contribution in [1.82, 2.24) is 0 Å². The first kappa shape index (κ1) is 11.5. The highest BCUT2D eigenvalue weighted by atomic mass is 16.4. The molecular formula is C11H19O3. The van der Waals surface area contributed by atoms with E-state index < -0.39 is 5.97 Å². The zero-order valence-corrected chi connectivity index (χ0v) is 8.48. The number of hydrogen-bond acceptors (Lipinski definition) is 2. The minimum atomic E-state index is -0.706. The molecule has 1 saturated carbocycles. The SMILES string of the molecule is O=C(O)CCC1CC[CH]CC1CCO. The predicted octanol–water partition coefficient (Wildman–Crippen LogP) is 1.85. The van der Waals surface area contributed by atoms with E-state index in [2.05, 4.69) is 6.42 Å². The number of aliphatic carboxylic acids is 1. The fraction of sp³-hybridized carbons (Fsp3) is 0.818. The van der Waals surface area contributed by atoms with E-state index in [1.165, 1.54) is 0 Å². The van der Waals surface area contributed by atoms with Gasteiger partial charge in [0.1, 0.15) is 0 Å². The summed E-state index contributed by atoms with van der Waals surface area (Å²) in [6, 6.07) is 0. The molecule has 1 rings (SSSR count). The summed E-state index contributed by atoms with van der Waals surface area (Å²) < 4.78 is 0. The van der Waals surface area contributed by atoms with Gasteiger partial charge >= 0.3 is 5.97 Å². The average Bonchev–Trinajstić information content (AvgIpc) is 2.17. The van der Waals surface area contributed by atoms with Crippen molar-refractivity contribution in [2.45, 2.75) is 38.5 Å². The molecule has 3 nitrogen and oxygen atoms in total. The van der Waals surface area contributed by atoms with Crippen molar-refractivity contribution >= 4 is 5.97 Å². The topological polar surface area (TPSA) is 57.5 Å². The summed E-state index contributed by atoms with van der Waals surface area (Å²) >= 11 is 0. The van der Waals surface area contributed by atoms with Gasteiger partial charge in [0.05, 0.1) is 0 Å². The fourth-order valence-corrected chi connectivity index (χ4v) is 2.30. The molecule has 0 amide bonds. The van der Waals surface area contributed by atoms with Crippen LogP contribution in [0.2, 0.25) is 0 Å². The molecule has 2 unspecified atom stereocenters. The second-order valence-electron chi connectivity index (χ2n) is 4.07. The van der Waals surface area contributed by atoms with Crippen molar-refractivity contribution in [2.24, 2.45) is 11.8 Å². The molecule has 81 valence electrons. The predicted molar refractivity (Wildman–Crippen MR) is 53.7 cm³/mol. The van der Waals surface area contributed by atoms with E-state index in [4.69, 9.17) is 10.2 Å². The van der Waals surface area contributed by atoms with Crippen LogP contribution in [0.15, 0.2) is 0 Å². The van der Waals surface area contributed by atoms with Crippen molar-refractivity contribution in [2.75, 3.05) is 6.61 Å². The van der Waals surface area contributed by atoms with Crippen molar-refractivity contribution in [3.05, 3.63) is 6.42 Å². The summed E-state index contributed by atoms with van der Waals surface area (Å²) in [6.07, 6.45) is 7.37. The second-order valence-corrected chi connectivity index (χ2v) is 4.07. The second kappa shape index (κ2) is 6.02. The third kappa shape index (κ3) is 3.66. The fourth-order valence-electron chi connectivity index (χ4n) is 2.30. The van der Waals surface area contributed by atoms with Gasteiger partial charge in [-0.15, -0.1) is 0 Å². The lowest BCUT2D eigenvalue weighted by Crippen LogP contribution is -2.21. The Morgan fingerprint density at radius 3 is 2.79 bits per heavy atom. The Kier molecular flexibility index (Phi) is 4.94. The van der Waals surface area contributed by atoms with Gasteiger partial charge in [-0.05, 0) is 50.4 Å². The van der Waals surface area contributed by atoms with Gasteiger partial charge in [0.2, 0.25) is 0 Å². The van der Waals surface area contributed by atoms with E-state index in [0.717, 1.165) is 32.1 Å². The third-order valence-corrected chi connectivity index (χ3v) is 3.11. The van der Waals surface area contributed by atoms with Crippen molar-refractivity contribution in [3.63, 3.8) is 0 Å². The molecule has 0 bridgehead atoms. The first-order chi connectivity index (χ1) is 6.74. The van der Waals surface area contributed by atoms with E-state index in [9.17, 15) is 4.79 Å². The lowest BCUT2D eigenvalue weighted by molar-refractivity contribution is -0.137. The molecule has 3 heteroatoms. The van der Waals surface area contributed by atoms with Gasteiger partial charge in [0.15, 0.2) is 0 Å². The lowest BCUT2D eigenvalue weighted by atomic mass is 9.75. The van der Waals surface area contributed by atoms with Gasteiger partial charge in [-0.25, -0.2) is 0 Å². The molecule has 0 aromatic carbocycles. The minimum absolute atomic E-state index is 0.224. The van der Waals surface area contributed by atoms with Crippen LogP contribution in [0, 0.1) is 18.3 Å². The Morgan fingerprint density at radius 2 is 2.14 bits per heavy atom. The van der Waals surface area contributed by atoms with Crippen molar-refractivity contribution in [1.29, 1.82) is 0 Å². The van der Waals surface area contributed by atoms with Crippen LogP contribution in [0.4, 0.5) is 0 Å². The first-order valence-electron chi connectivity index (χ1n) is 5.38. The third-order valence-electron chi connectivity index (χ3n) is 3.11. The van der Waals surface area contributed by atoms with Gasteiger partial charge < -0.3 is 10.2 Å². The highest BCUT2D eigenvalue weighted by molar-refractivity contribution is 5.66. The Hall–Kier alpha value is -0.570. The summed E-state index contributed by atoms with van der Waals surface area (Å²) in [5.74, 6) is 0.304. The van der Waals surface area contributed by atoms with Crippen LogP contribution in [-0.4, -0.2) is 22.8 Å². The monoisotopic (exact) mass is 199 g/mol. The van der Waals surface area contributed by atoms with Crippen molar-refractivity contribution < 1.29 is 15.0 Å². The summed E-state index contributed by atoms with van der Waals surface area (Å²) in [7, 11) is 0. The van der Waals surface area contributed by atoms with Crippen LogP contribution in [0.5, 0.6) is 0 Å². The maximum Gasteiger partial charge on any atom is 0.303 e. The zero-order chi connectivity index (χ0) is 10.4. The molecule has 0 saturated heterocycles. The van der Waals surface area contributed by atoms with E-state index in [0.29, 0.717) is 11.8 Å². The van der Waals surface area contributed by atoms with Gasteiger partial charge in [-0.1, -0.05) is 0 Å². The maximum atomic E-state index is 10.4. The average molecular weight is 199 g/mol. The highest BCUT2D eigenvalue weighted by Crippen LogP contribution is 2.34. The summed E-state index contributed by atoms with van der Waals surface area (Å²) in [4.78, 5) is 10.4. The largest absolute Gasteiger partial charge is 0.481 e. The number of carboxylic acids is 1. The van der Waals surface area contributed by atoms with Crippen LogP contribution in [0.3, 0.4) is 0 Å². The molecule has 0 aromatic heterocycles. The Bertz CT molecular complexity index is 177. The van der Waals surface area contributed by atoms with Crippen LogP contribution in [-0.2, 0) is 4.79 Å². The summed E-state index contributed by atoms with van der Waals surface area (Å²) in [5, 5.41) is 17.5. The molecule has 0 spiro atoms. The lowest BCUT2D eigenvalue weighted by Gasteiger charge is -2.30. The van der Waals surface area contributed by atoms with E-state index >= 15 is 0 Å². The Morgan fingerprint density at radius 1 is 1.36 bits per heavy atom. The van der Waals surface area contributed by atoms with Gasteiger partial charge in [-0.3, -0.25) is 4.79 Å². The Labute approximate surface area is 85.1 Å². The van der Waals surface area contributed by atoms with Crippen LogP contribution >= 0.6 is 0 Å². The molecule has 1 radical (unpaired) electrons. The maximum absolute atomic E-state index is 10.4. The number of carbonyl (C=O) groups is 1. The molecule has 0 aromatic rings. The smallest absolute Gasteiger partial charge is 0.303 e.